The van der Waals surface area contributed by atoms with Gasteiger partial charge in [0.25, 0.3) is 0 Å². The Morgan fingerprint density at radius 1 is 1.29 bits per heavy atom. The van der Waals surface area contributed by atoms with Gasteiger partial charge in [0.05, 0.1) is 21.1 Å². The molecule has 0 saturated carbocycles. The summed E-state index contributed by atoms with van der Waals surface area (Å²) in [5.41, 5.74) is 0. The van der Waals surface area contributed by atoms with Crippen molar-refractivity contribution < 1.29 is 16.8 Å². The number of hydrogen-bond donors (Lipinski definition) is 1. The summed E-state index contributed by atoms with van der Waals surface area (Å²) in [6.45, 7) is 5.98. The second kappa shape index (κ2) is 9.75. The lowest BCUT2D eigenvalue weighted by Crippen LogP contribution is -2.58. The molecule has 1 heterocycles. The van der Waals surface area contributed by atoms with E-state index in [4.69, 9.17) is 0 Å². The van der Waals surface area contributed by atoms with E-state index >= 15 is 0 Å². The van der Waals surface area contributed by atoms with Crippen LogP contribution >= 0.6 is 24.0 Å². The van der Waals surface area contributed by atoms with Gasteiger partial charge in [0.2, 0.25) is 0 Å². The van der Waals surface area contributed by atoms with E-state index in [9.17, 15) is 16.8 Å². The minimum atomic E-state index is -3.43. The summed E-state index contributed by atoms with van der Waals surface area (Å²) in [5, 5.41) is 3.22. The fraction of sp³-hybridized carbons (Fsp3) is 0.611. The van der Waals surface area contributed by atoms with Crippen molar-refractivity contribution >= 4 is 49.6 Å². The van der Waals surface area contributed by atoms with Gasteiger partial charge in [0, 0.05) is 26.2 Å². The molecular weight excluding hydrogens is 513 g/mol. The largest absolute Gasteiger partial charge is 0.352 e. The van der Waals surface area contributed by atoms with Crippen LogP contribution in [0.25, 0.3) is 0 Å². The van der Waals surface area contributed by atoms with Gasteiger partial charge in [0.1, 0.15) is 0 Å². The molecule has 0 bridgehead atoms. The summed E-state index contributed by atoms with van der Waals surface area (Å²) in [5.74, 6) is 0.537. The third-order valence-corrected chi connectivity index (χ3v) is 9.27. The standard InChI is InChI=1S/C18H29N3O4S2.HI/c1-5-15(13-26(22,23)16-9-7-6-8-10-16)20-17(19-4)21-11-12-27(24,25)18(2,3)14-21;/h6-10,15H,5,11-14H2,1-4H3,(H,19,20);1H. The molecule has 1 atom stereocenters. The van der Waals surface area contributed by atoms with E-state index in [2.05, 4.69) is 10.3 Å². The molecule has 0 aliphatic carbocycles. The van der Waals surface area contributed by atoms with Crippen molar-refractivity contribution in [3.63, 3.8) is 0 Å². The zero-order chi connectivity index (χ0) is 20.3. The predicted octanol–water partition coefficient (Wildman–Crippen LogP) is 1.94. The second-order valence-corrected chi connectivity index (χ2v) is 12.2. The first-order valence-corrected chi connectivity index (χ1v) is 12.3. The molecule has 28 heavy (non-hydrogen) atoms. The highest BCUT2D eigenvalue weighted by Gasteiger charge is 2.41. The average molecular weight is 543 g/mol. The van der Waals surface area contributed by atoms with Gasteiger partial charge in [-0.2, -0.15) is 0 Å². The number of hydrogen-bond acceptors (Lipinski definition) is 5. The fourth-order valence-electron chi connectivity index (χ4n) is 3.05. The van der Waals surface area contributed by atoms with Crippen molar-refractivity contribution in [2.75, 3.05) is 31.6 Å². The van der Waals surface area contributed by atoms with Gasteiger partial charge < -0.3 is 10.2 Å². The third-order valence-electron chi connectivity index (χ3n) is 4.90. The van der Waals surface area contributed by atoms with Crippen molar-refractivity contribution in [1.29, 1.82) is 0 Å². The molecule has 1 aromatic carbocycles. The van der Waals surface area contributed by atoms with Crippen LogP contribution in [-0.4, -0.2) is 70.1 Å². The van der Waals surface area contributed by atoms with Crippen LogP contribution in [0.4, 0.5) is 0 Å². The van der Waals surface area contributed by atoms with Gasteiger partial charge >= 0.3 is 0 Å². The Morgan fingerprint density at radius 3 is 2.39 bits per heavy atom. The van der Waals surface area contributed by atoms with Gasteiger partial charge in [-0.15, -0.1) is 24.0 Å². The maximum Gasteiger partial charge on any atom is 0.193 e. The van der Waals surface area contributed by atoms with Crippen molar-refractivity contribution in [2.45, 2.75) is 42.9 Å². The Kier molecular flexibility index (Phi) is 8.76. The molecule has 0 spiro atoms. The molecule has 1 aliphatic rings. The van der Waals surface area contributed by atoms with E-state index < -0.39 is 24.4 Å². The van der Waals surface area contributed by atoms with Gasteiger partial charge in [-0.1, -0.05) is 25.1 Å². The fourth-order valence-corrected chi connectivity index (χ4v) is 6.03. The third kappa shape index (κ3) is 5.82. The van der Waals surface area contributed by atoms with E-state index in [0.717, 1.165) is 0 Å². The van der Waals surface area contributed by atoms with Crippen molar-refractivity contribution in [2.24, 2.45) is 4.99 Å². The topological polar surface area (TPSA) is 95.9 Å². The van der Waals surface area contributed by atoms with Gasteiger partial charge in [0.15, 0.2) is 25.6 Å². The maximum absolute atomic E-state index is 12.7. The number of guanidine groups is 1. The monoisotopic (exact) mass is 543 g/mol. The van der Waals surface area contributed by atoms with Crippen LogP contribution in [-0.2, 0) is 19.7 Å². The first-order valence-electron chi connectivity index (χ1n) is 9.01. The highest BCUT2D eigenvalue weighted by atomic mass is 127. The molecule has 1 fully saturated rings. The molecular formula is C18H30IN3O4S2. The number of sulfone groups is 2. The summed E-state index contributed by atoms with van der Waals surface area (Å²) in [6.07, 6.45) is 0.598. The zero-order valence-corrected chi connectivity index (χ0v) is 20.7. The Bertz CT molecular complexity index is 885. The molecule has 1 N–H and O–H groups in total. The highest BCUT2D eigenvalue weighted by Crippen LogP contribution is 2.24. The molecule has 0 aromatic heterocycles. The lowest BCUT2D eigenvalue weighted by Gasteiger charge is -2.40. The summed E-state index contributed by atoms with van der Waals surface area (Å²) < 4.78 is 48.9. The smallest absolute Gasteiger partial charge is 0.193 e. The normalized spacial score (nSPS) is 20.1. The second-order valence-electron chi connectivity index (χ2n) is 7.39. The van der Waals surface area contributed by atoms with Crippen LogP contribution in [0.15, 0.2) is 40.2 Å². The molecule has 1 saturated heterocycles. The van der Waals surface area contributed by atoms with Crippen LogP contribution in [0.5, 0.6) is 0 Å². The minimum absolute atomic E-state index is 0. The minimum Gasteiger partial charge on any atom is -0.352 e. The first kappa shape index (κ1) is 25.2. The maximum atomic E-state index is 12.7. The number of benzene rings is 1. The first-order chi connectivity index (χ1) is 12.5. The summed E-state index contributed by atoms with van der Waals surface area (Å²) in [6, 6.07) is 8.05. The Morgan fingerprint density at radius 2 is 1.89 bits per heavy atom. The van der Waals surface area contributed by atoms with E-state index in [1.807, 2.05) is 11.8 Å². The van der Waals surface area contributed by atoms with E-state index in [1.54, 1.807) is 51.2 Å². The van der Waals surface area contributed by atoms with Crippen LogP contribution in [0.3, 0.4) is 0 Å². The molecule has 1 unspecified atom stereocenters. The zero-order valence-electron chi connectivity index (χ0n) is 16.8. The molecule has 7 nitrogen and oxygen atoms in total. The van der Waals surface area contributed by atoms with Crippen molar-refractivity contribution in [1.82, 2.24) is 10.2 Å². The number of aliphatic imine (C=N–C) groups is 1. The summed E-state index contributed by atoms with van der Waals surface area (Å²) >= 11 is 0. The van der Waals surface area contributed by atoms with Crippen LogP contribution in [0.2, 0.25) is 0 Å². The van der Waals surface area contributed by atoms with Gasteiger partial charge in [-0.3, -0.25) is 4.99 Å². The quantitative estimate of drug-likeness (QED) is 0.347. The average Bonchev–Trinajstić information content (AvgIpc) is 2.61. The van der Waals surface area contributed by atoms with Crippen LogP contribution < -0.4 is 5.32 Å². The highest BCUT2D eigenvalue weighted by molar-refractivity contribution is 14.0. The molecule has 10 heteroatoms. The lowest BCUT2D eigenvalue weighted by atomic mass is 10.2. The van der Waals surface area contributed by atoms with E-state index in [0.29, 0.717) is 30.4 Å². The Hall–Kier alpha value is -0.880. The molecule has 0 radical (unpaired) electrons. The molecule has 1 aliphatic heterocycles. The molecule has 160 valence electrons. The summed E-state index contributed by atoms with van der Waals surface area (Å²) in [7, 11) is -4.96. The number of nitrogens with one attached hydrogen (secondary N) is 1. The summed E-state index contributed by atoms with van der Waals surface area (Å²) in [4.78, 5) is 6.44. The Balaban J connectivity index is 0.00000392. The number of rotatable bonds is 5. The number of halogens is 1. The van der Waals surface area contributed by atoms with Crippen molar-refractivity contribution in [3.8, 4) is 0 Å². The van der Waals surface area contributed by atoms with Crippen molar-refractivity contribution in [3.05, 3.63) is 30.3 Å². The van der Waals surface area contributed by atoms with Crippen LogP contribution in [0.1, 0.15) is 27.2 Å². The number of nitrogens with zero attached hydrogens (tertiary/aromatic N) is 2. The van der Waals surface area contributed by atoms with E-state index in [1.165, 1.54) is 0 Å². The molecule has 1 aromatic rings. The lowest BCUT2D eigenvalue weighted by molar-refractivity contribution is 0.349. The molecule has 2 rings (SSSR count). The molecule has 0 amide bonds. The van der Waals surface area contributed by atoms with Gasteiger partial charge in [-0.05, 0) is 32.4 Å². The van der Waals surface area contributed by atoms with Crippen LogP contribution in [0, 0.1) is 0 Å². The van der Waals surface area contributed by atoms with E-state index in [-0.39, 0.29) is 41.5 Å². The van der Waals surface area contributed by atoms with Gasteiger partial charge in [-0.25, -0.2) is 16.8 Å². The predicted molar refractivity (Wildman–Crippen MR) is 124 cm³/mol. The Labute approximate surface area is 185 Å². The SMILES string of the molecule is CCC(CS(=O)(=O)c1ccccc1)NC(=NC)N1CCS(=O)(=O)C(C)(C)C1.I.